The summed E-state index contributed by atoms with van der Waals surface area (Å²) in [6, 6.07) is 8.14. The van der Waals surface area contributed by atoms with Gasteiger partial charge in [-0.2, -0.15) is 5.10 Å². The predicted molar refractivity (Wildman–Crippen MR) is 86.8 cm³/mol. The number of nitrogens with zero attached hydrogens (tertiary/aromatic N) is 2. The van der Waals surface area contributed by atoms with Gasteiger partial charge in [0.05, 0.1) is 12.6 Å². The Labute approximate surface area is 128 Å². The number of hydrogen-bond acceptors (Lipinski definition) is 4. The highest BCUT2D eigenvalue weighted by Gasteiger charge is 2.05. The van der Waals surface area contributed by atoms with Crippen molar-refractivity contribution in [3.05, 3.63) is 51.5 Å². The Hall–Kier alpha value is -2.01. The Morgan fingerprint density at radius 3 is 2.67 bits per heavy atom. The monoisotopic (exact) mass is 301 g/mol. The lowest BCUT2D eigenvalue weighted by Gasteiger charge is -2.04. The Balaban J connectivity index is 1.85. The van der Waals surface area contributed by atoms with E-state index in [1.165, 1.54) is 16.9 Å². The summed E-state index contributed by atoms with van der Waals surface area (Å²) in [4.78, 5) is 15.9. The van der Waals surface area contributed by atoms with Crippen molar-refractivity contribution in [2.45, 2.75) is 33.1 Å². The third kappa shape index (κ3) is 4.79. The molecule has 0 unspecified atom stereocenters. The summed E-state index contributed by atoms with van der Waals surface area (Å²) in [5.74, 6) is 0.358. The number of amides is 1. The summed E-state index contributed by atoms with van der Waals surface area (Å²) in [6.07, 6.45) is 1.91. The van der Waals surface area contributed by atoms with Gasteiger partial charge in [-0.05, 0) is 24.0 Å². The molecule has 21 heavy (non-hydrogen) atoms. The van der Waals surface area contributed by atoms with E-state index in [9.17, 15) is 4.79 Å². The summed E-state index contributed by atoms with van der Waals surface area (Å²) in [7, 11) is 0. The summed E-state index contributed by atoms with van der Waals surface area (Å²) in [6.45, 7) is 6.23. The van der Waals surface area contributed by atoms with Gasteiger partial charge in [0.1, 0.15) is 5.01 Å². The van der Waals surface area contributed by atoms with Crippen molar-refractivity contribution < 1.29 is 4.79 Å². The van der Waals surface area contributed by atoms with E-state index in [0.29, 0.717) is 5.92 Å². The first-order valence-electron chi connectivity index (χ1n) is 6.87. The van der Waals surface area contributed by atoms with Crippen molar-refractivity contribution in [1.29, 1.82) is 0 Å². The highest BCUT2D eigenvalue weighted by Crippen LogP contribution is 2.13. The number of aryl methyl sites for hydroxylation is 1. The fourth-order valence-corrected chi connectivity index (χ4v) is 2.58. The van der Waals surface area contributed by atoms with Crippen LogP contribution in [0.3, 0.4) is 0 Å². The highest BCUT2D eigenvalue weighted by molar-refractivity contribution is 7.09. The maximum absolute atomic E-state index is 11.7. The van der Waals surface area contributed by atoms with Gasteiger partial charge in [0.25, 0.3) is 0 Å². The van der Waals surface area contributed by atoms with Crippen LogP contribution in [0.5, 0.6) is 0 Å². The number of nitrogens with one attached hydrogen (secondary N) is 1. The van der Waals surface area contributed by atoms with Gasteiger partial charge in [-0.1, -0.05) is 38.1 Å². The van der Waals surface area contributed by atoms with E-state index in [2.05, 4.69) is 41.5 Å². The van der Waals surface area contributed by atoms with E-state index in [1.54, 1.807) is 6.21 Å². The van der Waals surface area contributed by atoms with Crippen LogP contribution in [-0.2, 0) is 11.2 Å². The van der Waals surface area contributed by atoms with Crippen LogP contribution in [0.2, 0.25) is 0 Å². The van der Waals surface area contributed by atoms with Crippen LogP contribution in [-0.4, -0.2) is 17.1 Å². The molecule has 5 heteroatoms. The number of rotatable bonds is 5. The third-order valence-corrected chi connectivity index (χ3v) is 3.95. The molecule has 0 radical (unpaired) electrons. The molecule has 110 valence electrons. The van der Waals surface area contributed by atoms with Crippen LogP contribution >= 0.6 is 11.3 Å². The molecule has 1 amide bonds. The lowest BCUT2D eigenvalue weighted by Crippen LogP contribution is -2.19. The predicted octanol–water partition coefficient (Wildman–Crippen LogP) is 3.27. The van der Waals surface area contributed by atoms with E-state index in [-0.39, 0.29) is 12.3 Å². The largest absolute Gasteiger partial charge is 0.273 e. The van der Waals surface area contributed by atoms with Gasteiger partial charge >= 0.3 is 0 Å². The topological polar surface area (TPSA) is 54.4 Å². The molecule has 2 rings (SSSR count). The number of aromatic nitrogens is 1. The van der Waals surface area contributed by atoms with Gasteiger partial charge in [-0.15, -0.1) is 11.3 Å². The minimum Gasteiger partial charge on any atom is -0.273 e. The van der Waals surface area contributed by atoms with E-state index < -0.39 is 0 Å². The zero-order chi connectivity index (χ0) is 15.2. The van der Waals surface area contributed by atoms with E-state index in [1.807, 2.05) is 24.4 Å². The quantitative estimate of drug-likeness (QED) is 0.680. The van der Waals surface area contributed by atoms with Crippen LogP contribution < -0.4 is 5.43 Å². The second-order valence-electron chi connectivity index (χ2n) is 5.17. The Kier molecular flexibility index (Phi) is 5.22. The normalized spacial score (nSPS) is 11.2. The fraction of sp³-hybridized carbons (Fsp3) is 0.312. The lowest BCUT2D eigenvalue weighted by atomic mass is 10.0. The van der Waals surface area contributed by atoms with Crippen LogP contribution in [0.4, 0.5) is 0 Å². The maximum atomic E-state index is 11.7. The molecule has 0 fully saturated rings. The number of carbonyl (C=O) groups is 1. The standard InChI is InChI=1S/C16H19N3OS/c1-11(2)14-6-4-13(5-7-14)9-17-19-15(20)8-16-18-12(3)10-21-16/h4-7,9-11H,8H2,1-3H3,(H,19,20)/b17-9-. The number of benzene rings is 1. The lowest BCUT2D eigenvalue weighted by molar-refractivity contribution is -0.120. The zero-order valence-corrected chi connectivity index (χ0v) is 13.3. The summed E-state index contributed by atoms with van der Waals surface area (Å²) >= 11 is 1.49. The van der Waals surface area contributed by atoms with Gasteiger partial charge in [0.15, 0.2) is 0 Å². The first-order chi connectivity index (χ1) is 10.0. The van der Waals surface area contributed by atoms with Crippen molar-refractivity contribution in [3.8, 4) is 0 Å². The average molecular weight is 301 g/mol. The molecule has 0 aliphatic heterocycles. The van der Waals surface area contributed by atoms with E-state index >= 15 is 0 Å². The summed E-state index contributed by atoms with van der Waals surface area (Å²) in [5.41, 5.74) is 5.71. The molecule has 1 heterocycles. The first-order valence-corrected chi connectivity index (χ1v) is 7.75. The Morgan fingerprint density at radius 2 is 2.10 bits per heavy atom. The third-order valence-electron chi connectivity index (χ3n) is 2.98. The smallest absolute Gasteiger partial charge is 0.246 e. The number of hydrogen-bond donors (Lipinski definition) is 1. The molecule has 0 atom stereocenters. The molecule has 0 aliphatic rings. The number of carbonyl (C=O) groups excluding carboxylic acids is 1. The molecular formula is C16H19N3OS. The minimum absolute atomic E-state index is 0.153. The van der Waals surface area contributed by atoms with E-state index in [4.69, 9.17) is 0 Å². The summed E-state index contributed by atoms with van der Waals surface area (Å²) in [5, 5.41) is 6.71. The van der Waals surface area contributed by atoms with Gasteiger partial charge < -0.3 is 0 Å². The zero-order valence-electron chi connectivity index (χ0n) is 12.5. The SMILES string of the molecule is Cc1csc(CC(=O)N/N=C\c2ccc(C(C)C)cc2)n1. The van der Waals surface area contributed by atoms with Gasteiger partial charge in [-0.3, -0.25) is 4.79 Å². The molecule has 0 bridgehead atoms. The number of hydrazone groups is 1. The van der Waals surface area contributed by atoms with Crippen molar-refractivity contribution in [2.24, 2.45) is 5.10 Å². The van der Waals surface area contributed by atoms with Crippen molar-refractivity contribution in [2.75, 3.05) is 0 Å². The second-order valence-corrected chi connectivity index (χ2v) is 6.12. The van der Waals surface area contributed by atoms with Crippen LogP contribution in [0.15, 0.2) is 34.7 Å². The molecule has 1 aromatic carbocycles. The molecule has 0 saturated heterocycles. The van der Waals surface area contributed by atoms with E-state index in [0.717, 1.165) is 16.3 Å². The molecule has 0 spiro atoms. The average Bonchev–Trinajstić information content (AvgIpc) is 2.84. The van der Waals surface area contributed by atoms with Crippen LogP contribution in [0.25, 0.3) is 0 Å². The first kappa shape index (κ1) is 15.4. The Bertz CT molecular complexity index is 629. The van der Waals surface area contributed by atoms with Crippen molar-refractivity contribution >= 4 is 23.5 Å². The van der Waals surface area contributed by atoms with Gasteiger partial charge in [0.2, 0.25) is 5.91 Å². The van der Waals surface area contributed by atoms with Gasteiger partial charge in [0, 0.05) is 11.1 Å². The molecule has 4 nitrogen and oxygen atoms in total. The second kappa shape index (κ2) is 7.13. The summed E-state index contributed by atoms with van der Waals surface area (Å²) < 4.78 is 0. The molecule has 1 aromatic heterocycles. The molecular weight excluding hydrogens is 282 g/mol. The minimum atomic E-state index is -0.153. The van der Waals surface area contributed by atoms with Crippen molar-refractivity contribution in [3.63, 3.8) is 0 Å². The maximum Gasteiger partial charge on any atom is 0.246 e. The highest BCUT2D eigenvalue weighted by atomic mass is 32.1. The molecule has 2 aromatic rings. The van der Waals surface area contributed by atoms with Crippen molar-refractivity contribution in [1.82, 2.24) is 10.4 Å². The number of thiazole rings is 1. The molecule has 1 N–H and O–H groups in total. The van der Waals surface area contributed by atoms with Crippen LogP contribution in [0.1, 0.15) is 41.6 Å². The molecule has 0 aliphatic carbocycles. The fourth-order valence-electron chi connectivity index (χ4n) is 1.81. The van der Waals surface area contributed by atoms with Crippen LogP contribution in [0, 0.1) is 6.92 Å². The molecule has 0 saturated carbocycles. The van der Waals surface area contributed by atoms with Gasteiger partial charge in [-0.25, -0.2) is 10.4 Å². The Morgan fingerprint density at radius 1 is 1.38 bits per heavy atom.